The van der Waals surface area contributed by atoms with Crippen molar-refractivity contribution in [1.29, 1.82) is 0 Å². The summed E-state index contributed by atoms with van der Waals surface area (Å²) in [5.74, 6) is -1.50. The van der Waals surface area contributed by atoms with Crippen LogP contribution in [0.5, 0.6) is 0 Å². The molecule has 440 valence electrons. The van der Waals surface area contributed by atoms with Crippen molar-refractivity contribution < 1.29 is 52.2 Å². The number of phosphoric ester groups is 1. The van der Waals surface area contributed by atoms with Gasteiger partial charge in [-0.25, -0.2) is 4.57 Å². The van der Waals surface area contributed by atoms with Crippen molar-refractivity contribution in [3.05, 3.63) is 72.9 Å². The van der Waals surface area contributed by atoms with Crippen molar-refractivity contribution >= 4 is 25.7 Å². The van der Waals surface area contributed by atoms with Crippen LogP contribution in [0.4, 0.5) is 0 Å². The summed E-state index contributed by atoms with van der Waals surface area (Å²) in [5.41, 5.74) is 0. The second kappa shape index (κ2) is 58.1. The first-order chi connectivity index (χ1) is 37.2. The number of phosphoric acid groups is 1. The lowest BCUT2D eigenvalue weighted by Gasteiger charge is -2.21. The van der Waals surface area contributed by atoms with Crippen molar-refractivity contribution in [2.75, 3.05) is 26.4 Å². The SMILES string of the molecule is CC/C=C\C/C=C\C/C=C\CCCCCC(=O)OC(CO)COP(=O)(O)OCC(COC(=O)CCCCCCCC/C=C\C/C=C\C/C=C\CCCCC)OC(=O)CCCCCCCCCCCCCCCCCCC. The summed E-state index contributed by atoms with van der Waals surface area (Å²) in [4.78, 5) is 48.6. The Labute approximate surface area is 465 Å². The summed E-state index contributed by atoms with van der Waals surface area (Å²) in [6.07, 6.45) is 65.7. The Morgan fingerprint density at radius 2 is 0.684 bits per heavy atom. The van der Waals surface area contributed by atoms with Crippen LogP contribution >= 0.6 is 7.82 Å². The Morgan fingerprint density at radius 3 is 1.09 bits per heavy atom. The first-order valence-electron chi connectivity index (χ1n) is 30.8. The minimum atomic E-state index is -4.76. The molecular weight excluding hydrogens is 976 g/mol. The van der Waals surface area contributed by atoms with E-state index in [4.69, 9.17) is 23.3 Å². The molecule has 0 saturated carbocycles. The van der Waals surface area contributed by atoms with Gasteiger partial charge in [0.05, 0.1) is 19.8 Å². The van der Waals surface area contributed by atoms with Gasteiger partial charge in [-0.3, -0.25) is 23.4 Å². The van der Waals surface area contributed by atoms with Crippen LogP contribution in [0.15, 0.2) is 72.9 Å². The van der Waals surface area contributed by atoms with Crippen LogP contribution in [-0.4, -0.2) is 66.5 Å². The number of ether oxygens (including phenoxy) is 3. The van der Waals surface area contributed by atoms with E-state index in [9.17, 15) is 28.9 Å². The number of hydrogen-bond acceptors (Lipinski definition) is 10. The van der Waals surface area contributed by atoms with Gasteiger partial charge in [-0.15, -0.1) is 0 Å². The van der Waals surface area contributed by atoms with E-state index in [2.05, 4.69) is 93.7 Å². The molecule has 0 aliphatic heterocycles. The van der Waals surface area contributed by atoms with Crippen LogP contribution in [0.2, 0.25) is 0 Å². The molecule has 3 atom stereocenters. The molecule has 0 spiro atoms. The van der Waals surface area contributed by atoms with Crippen molar-refractivity contribution in [3.63, 3.8) is 0 Å². The molecule has 0 amide bonds. The summed E-state index contributed by atoms with van der Waals surface area (Å²) in [6, 6.07) is 0. The Hall–Kier alpha value is -3.08. The molecule has 0 fully saturated rings. The molecule has 0 aromatic heterocycles. The number of aliphatic hydroxyl groups excluding tert-OH is 1. The first-order valence-corrected chi connectivity index (χ1v) is 32.3. The number of aliphatic hydroxyl groups is 1. The van der Waals surface area contributed by atoms with Gasteiger partial charge in [0, 0.05) is 19.3 Å². The summed E-state index contributed by atoms with van der Waals surface area (Å²) >= 11 is 0. The molecule has 0 radical (unpaired) electrons. The Balaban J connectivity index is 4.74. The second-order valence-corrected chi connectivity index (χ2v) is 21.9. The summed E-state index contributed by atoms with van der Waals surface area (Å²) in [5, 5.41) is 9.82. The van der Waals surface area contributed by atoms with E-state index in [1.807, 2.05) is 0 Å². The molecule has 76 heavy (non-hydrogen) atoms. The van der Waals surface area contributed by atoms with Crippen LogP contribution in [0.1, 0.15) is 278 Å². The zero-order valence-corrected chi connectivity index (χ0v) is 49.6. The van der Waals surface area contributed by atoms with E-state index in [1.54, 1.807) is 0 Å². The fourth-order valence-electron chi connectivity index (χ4n) is 8.44. The summed E-state index contributed by atoms with van der Waals surface area (Å²) < 4.78 is 39.6. The molecule has 0 rings (SSSR count). The van der Waals surface area contributed by atoms with Gasteiger partial charge in [0.15, 0.2) is 6.10 Å². The lowest BCUT2D eigenvalue weighted by Crippen LogP contribution is -2.30. The van der Waals surface area contributed by atoms with Gasteiger partial charge in [-0.2, -0.15) is 0 Å². The monoisotopic (exact) mass is 1090 g/mol. The molecule has 11 nitrogen and oxygen atoms in total. The highest BCUT2D eigenvalue weighted by Crippen LogP contribution is 2.43. The molecule has 0 aliphatic rings. The minimum Gasteiger partial charge on any atom is -0.462 e. The molecule has 0 bridgehead atoms. The highest BCUT2D eigenvalue weighted by atomic mass is 31.2. The molecule has 3 unspecified atom stereocenters. The molecule has 0 aromatic carbocycles. The van der Waals surface area contributed by atoms with Gasteiger partial charge in [0.25, 0.3) is 0 Å². The third-order valence-corrected chi connectivity index (χ3v) is 14.1. The molecule has 0 heterocycles. The quantitative estimate of drug-likeness (QED) is 0.0197. The number of esters is 3. The summed E-state index contributed by atoms with van der Waals surface area (Å²) in [6.45, 7) is 4.49. The zero-order chi connectivity index (χ0) is 55.5. The second-order valence-electron chi connectivity index (χ2n) is 20.5. The highest BCUT2D eigenvalue weighted by Gasteiger charge is 2.28. The zero-order valence-electron chi connectivity index (χ0n) is 48.7. The number of carbonyl (C=O) groups is 3. The smallest absolute Gasteiger partial charge is 0.462 e. The van der Waals surface area contributed by atoms with E-state index >= 15 is 0 Å². The molecule has 0 saturated heterocycles. The maximum absolute atomic E-state index is 12.9. The average molecular weight is 1090 g/mol. The van der Waals surface area contributed by atoms with Gasteiger partial charge >= 0.3 is 25.7 Å². The van der Waals surface area contributed by atoms with Crippen LogP contribution in [0, 0.1) is 0 Å². The first kappa shape index (κ1) is 72.9. The topological polar surface area (TPSA) is 155 Å². The lowest BCUT2D eigenvalue weighted by atomic mass is 10.0. The highest BCUT2D eigenvalue weighted by molar-refractivity contribution is 7.47. The van der Waals surface area contributed by atoms with E-state index in [-0.39, 0.29) is 25.9 Å². The van der Waals surface area contributed by atoms with Gasteiger partial charge < -0.3 is 24.2 Å². The molecule has 0 aliphatic carbocycles. The van der Waals surface area contributed by atoms with Crippen molar-refractivity contribution in [2.45, 2.75) is 290 Å². The Bertz CT molecular complexity index is 1550. The standard InChI is InChI=1S/C64H113O11P/c1-4-7-10-13-16-19-22-25-27-29-30-32-33-36-38-41-44-47-50-53-62(66)71-57-61(75-64(68)55-52-49-46-43-40-37-34-31-28-26-23-20-17-14-11-8-5-2)59-73-76(69,70)72-58-60(56-65)74-63(67)54-51-48-45-42-39-35-24-21-18-15-12-9-6-3/h9,12,16,18-19,21,25,27,30,32,35,39,60-61,65H,4-8,10-11,13-15,17,20,22-24,26,28-29,31,33-34,36-38,40-59H2,1-3H3,(H,69,70)/b12-9-,19-16-,21-18-,27-25-,32-30-,39-35-. The number of unbranched alkanes of at least 4 members (excludes halogenated alkanes) is 28. The molecule has 0 aromatic rings. The van der Waals surface area contributed by atoms with Gasteiger partial charge in [0.1, 0.15) is 12.7 Å². The lowest BCUT2D eigenvalue weighted by molar-refractivity contribution is -0.161. The molecular formula is C64H113O11P. The van der Waals surface area contributed by atoms with Crippen LogP contribution < -0.4 is 0 Å². The van der Waals surface area contributed by atoms with Crippen LogP contribution in [0.3, 0.4) is 0 Å². The molecule has 2 N–H and O–H groups in total. The predicted molar refractivity (Wildman–Crippen MR) is 316 cm³/mol. The van der Waals surface area contributed by atoms with Gasteiger partial charge in [0.2, 0.25) is 0 Å². The molecule has 12 heteroatoms. The Morgan fingerprint density at radius 1 is 0.382 bits per heavy atom. The maximum Gasteiger partial charge on any atom is 0.472 e. The van der Waals surface area contributed by atoms with E-state index in [0.717, 1.165) is 109 Å². The van der Waals surface area contributed by atoms with Gasteiger partial charge in [-0.05, 0) is 89.9 Å². The predicted octanol–water partition coefficient (Wildman–Crippen LogP) is 18.5. The third kappa shape index (κ3) is 55.7. The van der Waals surface area contributed by atoms with E-state index < -0.39 is 57.8 Å². The van der Waals surface area contributed by atoms with Crippen LogP contribution in [-0.2, 0) is 42.2 Å². The number of hydrogen-bond donors (Lipinski definition) is 2. The largest absolute Gasteiger partial charge is 0.472 e. The van der Waals surface area contributed by atoms with Crippen molar-refractivity contribution in [3.8, 4) is 0 Å². The maximum atomic E-state index is 12.9. The van der Waals surface area contributed by atoms with E-state index in [0.29, 0.717) is 19.3 Å². The fraction of sp³-hybridized carbons (Fsp3) is 0.766. The fourth-order valence-corrected chi connectivity index (χ4v) is 9.22. The van der Waals surface area contributed by atoms with Gasteiger partial charge in [-0.1, -0.05) is 241 Å². The number of carbonyl (C=O) groups excluding carboxylic acids is 3. The average Bonchev–Trinajstić information content (AvgIpc) is 3.41. The van der Waals surface area contributed by atoms with E-state index in [1.165, 1.54) is 109 Å². The number of rotatable bonds is 57. The summed E-state index contributed by atoms with van der Waals surface area (Å²) in [7, 11) is -4.76. The van der Waals surface area contributed by atoms with Crippen molar-refractivity contribution in [2.24, 2.45) is 0 Å². The number of allylic oxidation sites excluding steroid dienone is 12. The minimum absolute atomic E-state index is 0.140. The van der Waals surface area contributed by atoms with Crippen molar-refractivity contribution in [1.82, 2.24) is 0 Å². The normalized spacial score (nSPS) is 13.8. The Kier molecular flexibility index (Phi) is 55.7. The van der Waals surface area contributed by atoms with Crippen LogP contribution in [0.25, 0.3) is 0 Å². The third-order valence-electron chi connectivity index (χ3n) is 13.1.